The lowest BCUT2D eigenvalue weighted by Crippen LogP contribution is -2.23. The Bertz CT molecular complexity index is 1180. The zero-order valence-electron chi connectivity index (χ0n) is 16.0. The molecule has 0 spiro atoms. The van der Waals surface area contributed by atoms with E-state index in [1.807, 2.05) is 43.3 Å². The van der Waals surface area contributed by atoms with Crippen molar-refractivity contribution in [1.29, 1.82) is 0 Å². The van der Waals surface area contributed by atoms with Crippen molar-refractivity contribution in [2.45, 2.75) is 32.2 Å². The first kappa shape index (κ1) is 17.5. The van der Waals surface area contributed by atoms with Gasteiger partial charge in [-0.05, 0) is 55.7 Å². The second-order valence-corrected chi connectivity index (χ2v) is 7.29. The summed E-state index contributed by atoms with van der Waals surface area (Å²) in [7, 11) is 0. The normalized spacial score (nSPS) is 13.6. The standard InChI is InChI=1S/C22H20N6O/c1-14-20-17(22(29)25-13-15-7-10-23-11-8-15)12-18(16-5-6-16)26-21(20)28(27-14)19-4-2-3-9-24-19/h2-4,7-12,16H,5-6,13H2,1H3,(H,25,29). The zero-order valence-corrected chi connectivity index (χ0v) is 16.0. The minimum Gasteiger partial charge on any atom is -0.348 e. The molecule has 144 valence electrons. The zero-order chi connectivity index (χ0) is 19.8. The largest absolute Gasteiger partial charge is 0.348 e. The highest BCUT2D eigenvalue weighted by atomic mass is 16.1. The van der Waals surface area contributed by atoms with Gasteiger partial charge in [-0.3, -0.25) is 9.78 Å². The number of rotatable bonds is 5. The Hall–Kier alpha value is -3.61. The number of hydrogen-bond donors (Lipinski definition) is 1. The molecule has 0 aliphatic heterocycles. The van der Waals surface area contributed by atoms with Gasteiger partial charge in [0.05, 0.1) is 16.6 Å². The van der Waals surface area contributed by atoms with Crippen LogP contribution in [0.4, 0.5) is 0 Å². The maximum Gasteiger partial charge on any atom is 0.252 e. The summed E-state index contributed by atoms with van der Waals surface area (Å²) < 4.78 is 1.73. The predicted octanol–water partition coefficient (Wildman–Crippen LogP) is 3.33. The highest BCUT2D eigenvalue weighted by molar-refractivity contribution is 6.06. The van der Waals surface area contributed by atoms with E-state index in [-0.39, 0.29) is 5.91 Å². The quantitative estimate of drug-likeness (QED) is 0.570. The molecule has 0 bridgehead atoms. The van der Waals surface area contributed by atoms with Crippen LogP contribution in [-0.4, -0.2) is 30.6 Å². The Morgan fingerprint density at radius 1 is 1.17 bits per heavy atom. The molecule has 1 N–H and O–H groups in total. The summed E-state index contributed by atoms with van der Waals surface area (Å²) in [5.41, 5.74) is 4.01. The number of carbonyl (C=O) groups excluding carboxylic acids is 1. The second kappa shape index (κ2) is 7.09. The molecule has 1 aliphatic rings. The van der Waals surface area contributed by atoms with Crippen LogP contribution in [0.2, 0.25) is 0 Å². The molecule has 0 radical (unpaired) electrons. The Balaban J connectivity index is 1.59. The van der Waals surface area contributed by atoms with Crippen LogP contribution in [0.15, 0.2) is 55.0 Å². The van der Waals surface area contributed by atoms with Crippen molar-refractivity contribution in [3.8, 4) is 5.82 Å². The Morgan fingerprint density at radius 3 is 2.72 bits per heavy atom. The third-order valence-electron chi connectivity index (χ3n) is 5.14. The second-order valence-electron chi connectivity index (χ2n) is 7.29. The van der Waals surface area contributed by atoms with E-state index in [1.165, 1.54) is 0 Å². The van der Waals surface area contributed by atoms with Gasteiger partial charge in [0.1, 0.15) is 0 Å². The van der Waals surface area contributed by atoms with Crippen molar-refractivity contribution in [3.63, 3.8) is 0 Å². The minimum atomic E-state index is -0.125. The molecule has 0 unspecified atom stereocenters. The van der Waals surface area contributed by atoms with Crippen LogP contribution >= 0.6 is 0 Å². The summed E-state index contributed by atoms with van der Waals surface area (Å²) in [5, 5.41) is 8.44. The maximum absolute atomic E-state index is 13.1. The van der Waals surface area contributed by atoms with E-state index in [0.717, 1.165) is 35.2 Å². The lowest BCUT2D eigenvalue weighted by Gasteiger charge is -2.09. The molecule has 5 rings (SSSR count). The van der Waals surface area contributed by atoms with Gasteiger partial charge in [-0.2, -0.15) is 9.78 Å². The number of hydrogen-bond acceptors (Lipinski definition) is 5. The molecule has 7 nitrogen and oxygen atoms in total. The first-order valence-electron chi connectivity index (χ1n) is 9.69. The van der Waals surface area contributed by atoms with Gasteiger partial charge in [0, 0.05) is 36.7 Å². The first-order valence-corrected chi connectivity index (χ1v) is 9.69. The van der Waals surface area contributed by atoms with E-state index in [9.17, 15) is 4.79 Å². The van der Waals surface area contributed by atoms with Gasteiger partial charge in [0.15, 0.2) is 11.5 Å². The van der Waals surface area contributed by atoms with Crippen molar-refractivity contribution in [3.05, 3.63) is 77.5 Å². The molecule has 1 aliphatic carbocycles. The molecular weight excluding hydrogens is 364 g/mol. The van der Waals surface area contributed by atoms with Crippen LogP contribution in [-0.2, 0) is 6.54 Å². The van der Waals surface area contributed by atoms with Crippen molar-refractivity contribution in [2.75, 3.05) is 0 Å². The van der Waals surface area contributed by atoms with Crippen LogP contribution in [0.25, 0.3) is 16.9 Å². The van der Waals surface area contributed by atoms with Gasteiger partial charge in [0.25, 0.3) is 5.91 Å². The number of nitrogens with one attached hydrogen (secondary N) is 1. The van der Waals surface area contributed by atoms with Gasteiger partial charge in [-0.15, -0.1) is 0 Å². The van der Waals surface area contributed by atoms with Crippen LogP contribution < -0.4 is 5.32 Å². The summed E-state index contributed by atoms with van der Waals surface area (Å²) in [5.74, 6) is 0.979. The molecule has 29 heavy (non-hydrogen) atoms. The number of amides is 1. The van der Waals surface area contributed by atoms with E-state index in [4.69, 9.17) is 4.98 Å². The minimum absolute atomic E-state index is 0.125. The van der Waals surface area contributed by atoms with Gasteiger partial charge in [-0.25, -0.2) is 9.97 Å². The van der Waals surface area contributed by atoms with Crippen molar-refractivity contribution >= 4 is 16.9 Å². The molecule has 4 aromatic heterocycles. The lowest BCUT2D eigenvalue weighted by atomic mass is 10.1. The van der Waals surface area contributed by atoms with Gasteiger partial charge in [-0.1, -0.05) is 6.07 Å². The molecule has 0 aromatic carbocycles. The highest BCUT2D eigenvalue weighted by Crippen LogP contribution is 2.40. The monoisotopic (exact) mass is 384 g/mol. The molecule has 0 atom stereocenters. The molecule has 7 heteroatoms. The molecule has 1 amide bonds. The number of nitrogens with zero attached hydrogens (tertiary/aromatic N) is 5. The fourth-order valence-electron chi connectivity index (χ4n) is 3.49. The predicted molar refractivity (Wildman–Crippen MR) is 109 cm³/mol. The van der Waals surface area contributed by atoms with E-state index in [2.05, 4.69) is 20.4 Å². The van der Waals surface area contributed by atoms with E-state index in [0.29, 0.717) is 29.5 Å². The van der Waals surface area contributed by atoms with Crippen LogP contribution in [0.5, 0.6) is 0 Å². The molecule has 0 saturated heterocycles. The molecule has 1 fully saturated rings. The maximum atomic E-state index is 13.1. The summed E-state index contributed by atoms with van der Waals surface area (Å²) in [6.45, 7) is 2.34. The fraction of sp³-hybridized carbons (Fsp3) is 0.227. The first-order chi connectivity index (χ1) is 14.2. The van der Waals surface area contributed by atoms with E-state index >= 15 is 0 Å². The van der Waals surface area contributed by atoms with Crippen LogP contribution in [0, 0.1) is 6.92 Å². The number of aromatic nitrogens is 5. The van der Waals surface area contributed by atoms with Gasteiger partial charge >= 0.3 is 0 Å². The summed E-state index contributed by atoms with van der Waals surface area (Å²) in [6, 6.07) is 11.4. The van der Waals surface area contributed by atoms with Crippen molar-refractivity contribution < 1.29 is 4.79 Å². The average molecular weight is 384 g/mol. The van der Waals surface area contributed by atoms with E-state index in [1.54, 1.807) is 23.3 Å². The van der Waals surface area contributed by atoms with Crippen LogP contribution in [0.3, 0.4) is 0 Å². The van der Waals surface area contributed by atoms with Gasteiger partial charge < -0.3 is 5.32 Å². The number of aryl methyl sites for hydroxylation is 1. The third kappa shape index (κ3) is 3.35. The average Bonchev–Trinajstić information content (AvgIpc) is 3.57. The summed E-state index contributed by atoms with van der Waals surface area (Å²) in [6.07, 6.45) is 7.38. The Morgan fingerprint density at radius 2 is 2.00 bits per heavy atom. The number of carbonyl (C=O) groups is 1. The number of pyridine rings is 3. The lowest BCUT2D eigenvalue weighted by molar-refractivity contribution is 0.0952. The highest BCUT2D eigenvalue weighted by Gasteiger charge is 2.29. The molecule has 4 heterocycles. The van der Waals surface area contributed by atoms with Crippen molar-refractivity contribution in [2.24, 2.45) is 0 Å². The molecular formula is C22H20N6O. The summed E-state index contributed by atoms with van der Waals surface area (Å²) in [4.78, 5) is 26.4. The topological polar surface area (TPSA) is 85.6 Å². The van der Waals surface area contributed by atoms with E-state index < -0.39 is 0 Å². The smallest absolute Gasteiger partial charge is 0.252 e. The number of fused-ring (bicyclic) bond motifs is 1. The summed E-state index contributed by atoms with van der Waals surface area (Å²) >= 11 is 0. The third-order valence-corrected chi connectivity index (χ3v) is 5.14. The Kier molecular flexibility index (Phi) is 4.27. The molecule has 4 aromatic rings. The van der Waals surface area contributed by atoms with Crippen LogP contribution in [0.1, 0.15) is 46.1 Å². The fourth-order valence-corrected chi connectivity index (χ4v) is 3.49. The van der Waals surface area contributed by atoms with Crippen molar-refractivity contribution in [1.82, 2.24) is 30.0 Å². The molecule has 1 saturated carbocycles. The SMILES string of the molecule is Cc1nn(-c2ccccn2)c2nc(C3CC3)cc(C(=O)NCc3ccncc3)c12. The van der Waals surface area contributed by atoms with Gasteiger partial charge in [0.2, 0.25) is 0 Å². The Labute approximate surface area is 167 Å².